The molecule has 0 radical (unpaired) electrons. The van der Waals surface area contributed by atoms with Crippen molar-refractivity contribution >= 4 is 22.4 Å². The Morgan fingerprint density at radius 3 is 2.54 bits per heavy atom. The van der Waals surface area contributed by atoms with Crippen molar-refractivity contribution in [3.05, 3.63) is 89.5 Å². The largest absolute Gasteiger partial charge is 0.489 e. The minimum Gasteiger partial charge on any atom is -0.489 e. The smallest absolute Gasteiger partial charge is 0.271 e. The van der Waals surface area contributed by atoms with Crippen LogP contribution in [0, 0.1) is 0 Å². The van der Waals surface area contributed by atoms with Crippen molar-refractivity contribution in [1.29, 1.82) is 0 Å². The molecular formula is C24H22N2O2. The highest BCUT2D eigenvalue weighted by Gasteiger charge is 2.09. The molecule has 0 bridgehead atoms. The van der Waals surface area contributed by atoms with Gasteiger partial charge in [-0.05, 0) is 66.4 Å². The molecule has 4 rings (SSSR count). The van der Waals surface area contributed by atoms with Crippen molar-refractivity contribution in [2.24, 2.45) is 5.10 Å². The first-order valence-corrected chi connectivity index (χ1v) is 9.42. The molecule has 28 heavy (non-hydrogen) atoms. The van der Waals surface area contributed by atoms with Crippen molar-refractivity contribution in [3.63, 3.8) is 0 Å². The summed E-state index contributed by atoms with van der Waals surface area (Å²) in [6, 6.07) is 21.7. The van der Waals surface area contributed by atoms with Crippen LogP contribution in [0.15, 0.2) is 83.5 Å². The Labute approximate surface area is 164 Å². The summed E-state index contributed by atoms with van der Waals surface area (Å²) in [5.74, 6) is 0.628. The lowest BCUT2D eigenvalue weighted by Crippen LogP contribution is -2.18. The van der Waals surface area contributed by atoms with Gasteiger partial charge >= 0.3 is 0 Å². The Morgan fingerprint density at radius 2 is 1.79 bits per heavy atom. The Hall–Kier alpha value is -3.40. The summed E-state index contributed by atoms with van der Waals surface area (Å²) in [5, 5.41) is 6.53. The lowest BCUT2D eigenvalue weighted by Gasteiger charge is -2.08. The van der Waals surface area contributed by atoms with Crippen LogP contribution in [-0.2, 0) is 6.61 Å². The summed E-state index contributed by atoms with van der Waals surface area (Å²) in [4.78, 5) is 12.2. The fourth-order valence-electron chi connectivity index (χ4n) is 3.21. The Morgan fingerprint density at radius 1 is 1.00 bits per heavy atom. The van der Waals surface area contributed by atoms with E-state index in [0.717, 1.165) is 35.3 Å². The fourth-order valence-corrected chi connectivity index (χ4v) is 3.21. The second-order valence-corrected chi connectivity index (χ2v) is 7.03. The first-order chi connectivity index (χ1) is 13.7. The number of nitrogens with one attached hydrogen (secondary N) is 1. The van der Waals surface area contributed by atoms with E-state index in [9.17, 15) is 4.79 Å². The van der Waals surface area contributed by atoms with Crippen molar-refractivity contribution in [2.45, 2.75) is 26.4 Å². The zero-order valence-electron chi connectivity index (χ0n) is 15.8. The summed E-state index contributed by atoms with van der Waals surface area (Å²) in [5.41, 5.74) is 6.43. The van der Waals surface area contributed by atoms with Gasteiger partial charge in [-0.15, -0.1) is 0 Å². The molecule has 1 N–H and O–H groups in total. The van der Waals surface area contributed by atoms with Gasteiger partial charge in [-0.2, -0.15) is 5.10 Å². The van der Waals surface area contributed by atoms with Crippen LogP contribution in [0.1, 0.15) is 35.7 Å². The van der Waals surface area contributed by atoms with E-state index >= 15 is 0 Å². The van der Waals surface area contributed by atoms with Crippen LogP contribution in [0.4, 0.5) is 0 Å². The summed E-state index contributed by atoms with van der Waals surface area (Å²) in [6.07, 6.45) is 3.92. The van der Waals surface area contributed by atoms with Gasteiger partial charge in [-0.3, -0.25) is 4.79 Å². The highest BCUT2D eigenvalue weighted by molar-refractivity contribution is 6.00. The molecule has 4 heteroatoms. The minimum absolute atomic E-state index is 0.201. The molecule has 0 saturated heterocycles. The van der Waals surface area contributed by atoms with Gasteiger partial charge in [0.1, 0.15) is 12.4 Å². The number of fused-ring (bicyclic) bond motifs is 1. The molecule has 3 aromatic rings. The molecule has 1 aliphatic carbocycles. The van der Waals surface area contributed by atoms with E-state index in [1.165, 1.54) is 11.0 Å². The van der Waals surface area contributed by atoms with E-state index in [1.54, 1.807) is 12.1 Å². The second kappa shape index (κ2) is 8.09. The predicted molar refractivity (Wildman–Crippen MR) is 113 cm³/mol. The number of hydrogen-bond donors (Lipinski definition) is 1. The molecule has 4 nitrogen and oxygen atoms in total. The quantitative estimate of drug-likeness (QED) is 0.624. The van der Waals surface area contributed by atoms with Crippen LogP contribution in [0.3, 0.4) is 0 Å². The maximum Gasteiger partial charge on any atom is 0.271 e. The number of hydrazone groups is 1. The molecule has 0 aromatic heterocycles. The van der Waals surface area contributed by atoms with Crippen molar-refractivity contribution in [1.82, 2.24) is 5.43 Å². The van der Waals surface area contributed by atoms with Crippen LogP contribution in [0.2, 0.25) is 0 Å². The number of nitrogens with zero attached hydrogens (tertiary/aromatic N) is 1. The van der Waals surface area contributed by atoms with Gasteiger partial charge < -0.3 is 4.74 Å². The minimum atomic E-state index is -0.201. The van der Waals surface area contributed by atoms with E-state index < -0.39 is 0 Å². The molecule has 0 unspecified atom stereocenters. The molecule has 0 atom stereocenters. The number of allylic oxidation sites excluding steroid dienone is 2. The zero-order valence-corrected chi connectivity index (χ0v) is 15.8. The molecule has 3 aromatic carbocycles. The van der Waals surface area contributed by atoms with Gasteiger partial charge in [0.15, 0.2) is 0 Å². The van der Waals surface area contributed by atoms with E-state index in [1.807, 2.05) is 42.5 Å². The fraction of sp³-hybridized carbons (Fsp3) is 0.167. The Kier molecular flexibility index (Phi) is 5.20. The predicted octanol–water partition coefficient (Wildman–Crippen LogP) is 5.24. The van der Waals surface area contributed by atoms with Crippen LogP contribution < -0.4 is 10.2 Å². The van der Waals surface area contributed by atoms with Gasteiger partial charge in [0, 0.05) is 5.56 Å². The summed E-state index contributed by atoms with van der Waals surface area (Å²) < 4.78 is 5.90. The topological polar surface area (TPSA) is 50.7 Å². The zero-order chi connectivity index (χ0) is 19.3. The van der Waals surface area contributed by atoms with E-state index in [0.29, 0.717) is 12.2 Å². The number of benzene rings is 3. The van der Waals surface area contributed by atoms with Crippen molar-refractivity contribution in [3.8, 4) is 5.75 Å². The lowest BCUT2D eigenvalue weighted by molar-refractivity contribution is 0.0954. The molecule has 140 valence electrons. The van der Waals surface area contributed by atoms with Crippen molar-refractivity contribution in [2.75, 3.05) is 0 Å². The van der Waals surface area contributed by atoms with Crippen LogP contribution >= 0.6 is 0 Å². The number of ether oxygens (including phenoxy) is 1. The summed E-state index contributed by atoms with van der Waals surface area (Å²) in [6.45, 7) is 2.52. The first kappa shape index (κ1) is 18.0. The molecule has 0 aliphatic heterocycles. The Bertz CT molecular complexity index is 1070. The summed E-state index contributed by atoms with van der Waals surface area (Å²) >= 11 is 0. The number of carbonyl (C=O) groups is 1. The number of hydrogen-bond acceptors (Lipinski definition) is 3. The SMILES string of the molecule is CC1=CC(=NNC(=O)c2ccc(COc3ccc4ccccc4c3)cc2)CC1. The lowest BCUT2D eigenvalue weighted by atomic mass is 10.1. The maximum atomic E-state index is 12.2. The standard InChI is InChI=1S/C24H22N2O2/c1-17-6-12-22(14-17)25-26-24(27)20-9-7-18(8-10-20)16-28-23-13-11-19-4-2-3-5-21(19)15-23/h2-5,7-11,13-15H,6,12,16H2,1H3,(H,26,27). The second-order valence-electron chi connectivity index (χ2n) is 7.03. The van der Waals surface area contributed by atoms with Crippen LogP contribution in [0.25, 0.3) is 10.8 Å². The van der Waals surface area contributed by atoms with Crippen LogP contribution in [-0.4, -0.2) is 11.6 Å². The summed E-state index contributed by atoms with van der Waals surface area (Å²) in [7, 11) is 0. The van der Waals surface area contributed by atoms with Gasteiger partial charge in [0.25, 0.3) is 5.91 Å². The third-order valence-electron chi connectivity index (χ3n) is 4.83. The molecule has 0 saturated carbocycles. The van der Waals surface area contributed by atoms with Gasteiger partial charge in [-0.1, -0.05) is 48.0 Å². The van der Waals surface area contributed by atoms with Gasteiger partial charge in [0.05, 0.1) is 5.71 Å². The van der Waals surface area contributed by atoms with E-state index in [2.05, 4.69) is 35.7 Å². The van der Waals surface area contributed by atoms with Crippen molar-refractivity contribution < 1.29 is 9.53 Å². The highest BCUT2D eigenvalue weighted by Crippen LogP contribution is 2.21. The maximum absolute atomic E-state index is 12.2. The normalized spacial score (nSPS) is 14.9. The monoisotopic (exact) mass is 370 g/mol. The third kappa shape index (κ3) is 4.29. The molecule has 1 aliphatic rings. The van der Waals surface area contributed by atoms with Crippen LogP contribution in [0.5, 0.6) is 5.75 Å². The first-order valence-electron chi connectivity index (χ1n) is 9.42. The van der Waals surface area contributed by atoms with Gasteiger partial charge in [0.2, 0.25) is 0 Å². The Balaban J connectivity index is 1.35. The number of carbonyl (C=O) groups excluding carboxylic acids is 1. The molecule has 0 spiro atoms. The van der Waals surface area contributed by atoms with E-state index in [-0.39, 0.29) is 5.91 Å². The molecular weight excluding hydrogens is 348 g/mol. The average molecular weight is 370 g/mol. The molecule has 0 heterocycles. The third-order valence-corrected chi connectivity index (χ3v) is 4.83. The molecule has 1 amide bonds. The molecule has 0 fully saturated rings. The average Bonchev–Trinajstić information content (AvgIpc) is 3.16. The van der Waals surface area contributed by atoms with Gasteiger partial charge in [-0.25, -0.2) is 5.43 Å². The number of amides is 1. The number of rotatable bonds is 5. The van der Waals surface area contributed by atoms with E-state index in [4.69, 9.17) is 4.74 Å². The highest BCUT2D eigenvalue weighted by atomic mass is 16.5.